The Kier molecular flexibility index (Phi) is 7.04. The molecule has 0 saturated carbocycles. The quantitative estimate of drug-likeness (QED) is 0.687. The van der Waals surface area contributed by atoms with E-state index in [9.17, 15) is 13.2 Å². The molecule has 25 heavy (non-hydrogen) atoms. The standard InChI is InChI=1S/C17H22N2O3S3/c1-3-18(4-2)17(23)24-12-16(20)19(14-8-6-5-7-9-14)15-10-11-25(21,22)13-15/h5-11,15H,3-4,12-13H2,1-2H3/t15-/m0/s1. The van der Waals surface area contributed by atoms with E-state index >= 15 is 0 Å². The van der Waals surface area contributed by atoms with Crippen molar-refractivity contribution in [1.82, 2.24) is 4.90 Å². The number of nitrogens with zero attached hydrogens (tertiary/aromatic N) is 2. The molecule has 0 radical (unpaired) electrons. The largest absolute Gasteiger partial charge is 0.358 e. The molecule has 1 aliphatic rings. The van der Waals surface area contributed by atoms with Gasteiger partial charge in [-0.05, 0) is 32.1 Å². The van der Waals surface area contributed by atoms with E-state index in [4.69, 9.17) is 12.2 Å². The lowest BCUT2D eigenvalue weighted by atomic mass is 10.2. The fourth-order valence-corrected chi connectivity index (χ4v) is 5.13. The summed E-state index contributed by atoms with van der Waals surface area (Å²) in [6, 6.07) is 8.65. The van der Waals surface area contributed by atoms with Crippen molar-refractivity contribution in [2.45, 2.75) is 19.9 Å². The highest BCUT2D eigenvalue weighted by Gasteiger charge is 2.31. The van der Waals surface area contributed by atoms with E-state index in [-0.39, 0.29) is 17.4 Å². The molecular weight excluding hydrogens is 376 g/mol. The zero-order valence-corrected chi connectivity index (χ0v) is 16.7. The summed E-state index contributed by atoms with van der Waals surface area (Å²) in [5.41, 5.74) is 0.689. The smallest absolute Gasteiger partial charge is 0.238 e. The fraction of sp³-hybridized carbons (Fsp3) is 0.412. The number of hydrogen-bond acceptors (Lipinski definition) is 5. The minimum atomic E-state index is -3.25. The van der Waals surface area contributed by atoms with E-state index in [0.29, 0.717) is 10.0 Å². The zero-order chi connectivity index (χ0) is 18.4. The van der Waals surface area contributed by atoms with Crippen LogP contribution in [0.1, 0.15) is 13.8 Å². The third kappa shape index (κ3) is 5.29. The van der Waals surface area contributed by atoms with Crippen molar-refractivity contribution < 1.29 is 13.2 Å². The van der Waals surface area contributed by atoms with Crippen molar-refractivity contribution in [3.8, 4) is 0 Å². The second kappa shape index (κ2) is 8.82. The van der Waals surface area contributed by atoms with Crippen molar-refractivity contribution in [2.75, 3.05) is 29.5 Å². The highest BCUT2D eigenvalue weighted by molar-refractivity contribution is 8.23. The van der Waals surface area contributed by atoms with E-state index in [2.05, 4.69) is 0 Å². The topological polar surface area (TPSA) is 57.7 Å². The molecule has 0 aliphatic carbocycles. The Labute approximate surface area is 159 Å². The van der Waals surface area contributed by atoms with E-state index in [1.807, 2.05) is 49.1 Å². The van der Waals surface area contributed by atoms with E-state index in [1.54, 1.807) is 11.0 Å². The Bertz CT molecular complexity index is 744. The molecule has 0 spiro atoms. The van der Waals surface area contributed by atoms with Crippen LogP contribution in [0.15, 0.2) is 41.8 Å². The maximum Gasteiger partial charge on any atom is 0.238 e. The highest BCUT2D eigenvalue weighted by Crippen LogP contribution is 2.24. The summed E-state index contributed by atoms with van der Waals surface area (Å²) >= 11 is 6.69. The van der Waals surface area contributed by atoms with Gasteiger partial charge in [0.15, 0.2) is 9.84 Å². The fourth-order valence-electron chi connectivity index (χ4n) is 2.60. The van der Waals surface area contributed by atoms with Crippen molar-refractivity contribution in [3.05, 3.63) is 41.8 Å². The number of benzene rings is 1. The molecule has 1 aromatic carbocycles. The van der Waals surface area contributed by atoms with E-state index in [0.717, 1.165) is 13.1 Å². The third-order valence-corrected chi connectivity index (χ3v) is 6.77. The molecule has 0 aromatic heterocycles. The highest BCUT2D eigenvalue weighted by atomic mass is 32.2. The first-order valence-electron chi connectivity index (χ1n) is 8.07. The van der Waals surface area contributed by atoms with Crippen molar-refractivity contribution in [2.24, 2.45) is 0 Å². The number of anilines is 1. The first kappa shape index (κ1) is 19.9. The monoisotopic (exact) mass is 398 g/mol. The first-order chi connectivity index (χ1) is 11.9. The van der Waals surface area contributed by atoms with Crippen LogP contribution in [0.3, 0.4) is 0 Å². The van der Waals surface area contributed by atoms with Crippen LogP contribution in [-0.4, -0.2) is 54.2 Å². The summed E-state index contributed by atoms with van der Waals surface area (Å²) in [6.45, 7) is 5.62. The molecule has 0 saturated heterocycles. The Balaban J connectivity index is 2.15. The number of thiocarbonyl (C=S) groups is 1. The van der Waals surface area contributed by atoms with Gasteiger partial charge in [-0.3, -0.25) is 4.79 Å². The van der Waals surface area contributed by atoms with Crippen molar-refractivity contribution in [3.63, 3.8) is 0 Å². The van der Waals surface area contributed by atoms with Gasteiger partial charge in [0.05, 0.1) is 17.5 Å². The van der Waals surface area contributed by atoms with Crippen molar-refractivity contribution >= 4 is 49.7 Å². The molecule has 0 bridgehead atoms. The zero-order valence-electron chi connectivity index (χ0n) is 14.3. The van der Waals surface area contributed by atoms with Gasteiger partial charge in [-0.1, -0.05) is 42.2 Å². The first-order valence-corrected chi connectivity index (χ1v) is 11.2. The molecule has 1 aromatic rings. The van der Waals surface area contributed by atoms with Gasteiger partial charge >= 0.3 is 0 Å². The Hall–Kier alpha value is -1.38. The Morgan fingerprint density at radius 3 is 2.40 bits per heavy atom. The van der Waals surface area contributed by atoms with E-state index < -0.39 is 15.9 Å². The summed E-state index contributed by atoms with van der Waals surface area (Å²) in [5.74, 6) is -0.0645. The number of hydrogen-bond donors (Lipinski definition) is 0. The molecule has 5 nitrogen and oxygen atoms in total. The molecule has 0 N–H and O–H groups in total. The number of sulfone groups is 1. The minimum Gasteiger partial charge on any atom is -0.358 e. The van der Waals surface area contributed by atoms with Crippen LogP contribution in [0.4, 0.5) is 5.69 Å². The van der Waals surface area contributed by atoms with Crippen LogP contribution >= 0.6 is 24.0 Å². The molecule has 2 rings (SSSR count). The summed E-state index contributed by atoms with van der Waals surface area (Å²) in [5, 5.41) is 1.19. The van der Waals surface area contributed by atoms with Gasteiger partial charge in [0, 0.05) is 24.2 Å². The van der Waals surface area contributed by atoms with Gasteiger partial charge in [0.25, 0.3) is 0 Å². The minimum absolute atomic E-state index is 0.0845. The SMILES string of the molecule is CCN(CC)C(=S)SCC(=O)N(c1ccccc1)[C@H]1C=CS(=O)(=O)C1. The number of para-hydroxylation sites is 1. The Morgan fingerprint density at radius 2 is 1.88 bits per heavy atom. The molecule has 1 aliphatic heterocycles. The second-order valence-electron chi connectivity index (χ2n) is 5.55. The van der Waals surface area contributed by atoms with Gasteiger partial charge < -0.3 is 9.80 Å². The van der Waals surface area contributed by atoms with Gasteiger partial charge in [-0.2, -0.15) is 0 Å². The van der Waals surface area contributed by atoms with Gasteiger partial charge in [-0.25, -0.2) is 8.42 Å². The average molecular weight is 399 g/mol. The van der Waals surface area contributed by atoms with Crippen LogP contribution in [-0.2, 0) is 14.6 Å². The lowest BCUT2D eigenvalue weighted by molar-refractivity contribution is -0.116. The molecule has 136 valence electrons. The van der Waals surface area contributed by atoms with Gasteiger partial charge in [0.2, 0.25) is 5.91 Å². The van der Waals surface area contributed by atoms with Crippen LogP contribution in [0, 0.1) is 0 Å². The molecular formula is C17H22N2O3S3. The molecule has 1 amide bonds. The summed E-state index contributed by atoms with van der Waals surface area (Å²) in [6.07, 6.45) is 1.58. The number of carbonyl (C=O) groups excluding carboxylic acids is 1. The average Bonchev–Trinajstić information content (AvgIpc) is 2.95. The van der Waals surface area contributed by atoms with Crippen LogP contribution < -0.4 is 4.90 Å². The summed E-state index contributed by atoms with van der Waals surface area (Å²) < 4.78 is 24.2. The Morgan fingerprint density at radius 1 is 1.24 bits per heavy atom. The predicted octanol–water partition coefficient (Wildman–Crippen LogP) is 2.69. The van der Waals surface area contributed by atoms with E-state index in [1.165, 1.54) is 17.2 Å². The van der Waals surface area contributed by atoms with Gasteiger partial charge in [0.1, 0.15) is 4.32 Å². The lowest BCUT2D eigenvalue weighted by Gasteiger charge is -2.28. The second-order valence-corrected chi connectivity index (χ2v) is 9.09. The normalized spacial score (nSPS) is 18.1. The molecule has 0 fully saturated rings. The number of carbonyl (C=O) groups is 1. The van der Waals surface area contributed by atoms with Crippen LogP contribution in [0.5, 0.6) is 0 Å². The molecule has 0 unspecified atom stereocenters. The summed E-state index contributed by atoms with van der Waals surface area (Å²) in [4.78, 5) is 16.4. The molecule has 1 atom stereocenters. The maximum atomic E-state index is 12.8. The molecule has 1 heterocycles. The lowest BCUT2D eigenvalue weighted by Crippen LogP contribution is -2.42. The summed E-state index contributed by atoms with van der Waals surface area (Å²) in [7, 11) is -3.25. The molecule has 8 heteroatoms. The number of thioether (sulfide) groups is 1. The predicted molar refractivity (Wildman–Crippen MR) is 109 cm³/mol. The van der Waals surface area contributed by atoms with Crippen LogP contribution in [0.2, 0.25) is 0 Å². The van der Waals surface area contributed by atoms with Crippen LogP contribution in [0.25, 0.3) is 0 Å². The number of rotatable bonds is 6. The van der Waals surface area contributed by atoms with Gasteiger partial charge in [-0.15, -0.1) is 0 Å². The maximum absolute atomic E-state index is 12.8. The number of amides is 1. The third-order valence-electron chi connectivity index (χ3n) is 3.89. The van der Waals surface area contributed by atoms with Crippen molar-refractivity contribution in [1.29, 1.82) is 0 Å².